The Balaban J connectivity index is 0.967. The number of thioether (sulfide) groups is 1. The molecular formula is C48H48N6O8S2. The number of methoxy groups -OCH3 is 2. The average molecular weight is 901 g/mol. The molecule has 9 rings (SSSR count). The summed E-state index contributed by atoms with van der Waals surface area (Å²) < 4.78 is 40.7. The van der Waals surface area contributed by atoms with E-state index >= 15 is 0 Å². The van der Waals surface area contributed by atoms with Crippen LogP contribution in [0, 0.1) is 20.8 Å². The predicted octanol–water partition coefficient (Wildman–Crippen LogP) is 8.69. The SMILES string of the molecule is COc1ccc(C(OCC2OC(n3c(SN(C)CSCc4c(C)oc5c(C)c6oc(=O)cc(C)c6cc45)nc4c(N)ncnc43)C[C@H]2O)(c2ccccc2)c2ccc(OC)cc2)cc1. The van der Waals surface area contributed by atoms with Gasteiger partial charge in [-0.05, 0) is 92.4 Å². The van der Waals surface area contributed by atoms with Crippen LogP contribution < -0.4 is 20.8 Å². The van der Waals surface area contributed by atoms with Gasteiger partial charge in [0.2, 0.25) is 0 Å². The van der Waals surface area contributed by atoms with Crippen LogP contribution in [0.25, 0.3) is 33.1 Å². The van der Waals surface area contributed by atoms with Crippen LogP contribution in [-0.4, -0.2) is 74.9 Å². The highest BCUT2D eigenvalue weighted by Crippen LogP contribution is 2.44. The van der Waals surface area contributed by atoms with Gasteiger partial charge in [0.05, 0.1) is 32.8 Å². The summed E-state index contributed by atoms with van der Waals surface area (Å²) in [5.41, 5.74) is 12.5. The first-order valence-electron chi connectivity index (χ1n) is 20.7. The van der Waals surface area contributed by atoms with Crippen molar-refractivity contribution in [1.82, 2.24) is 23.8 Å². The van der Waals surface area contributed by atoms with Crippen molar-refractivity contribution in [3.8, 4) is 11.5 Å². The monoisotopic (exact) mass is 900 g/mol. The van der Waals surface area contributed by atoms with Crippen LogP contribution >= 0.6 is 23.7 Å². The number of nitrogen functional groups attached to an aromatic ring is 1. The molecule has 0 saturated carbocycles. The molecule has 0 radical (unpaired) electrons. The Morgan fingerprint density at radius 3 is 2.22 bits per heavy atom. The molecule has 3 N–H and O–H groups in total. The number of hydrogen-bond donors (Lipinski definition) is 2. The second kappa shape index (κ2) is 17.9. The largest absolute Gasteiger partial charge is 0.497 e. The summed E-state index contributed by atoms with van der Waals surface area (Å²) in [6, 6.07) is 29.2. The first kappa shape index (κ1) is 43.4. The number of fused-ring (bicyclic) bond motifs is 3. The quantitative estimate of drug-likeness (QED) is 0.0433. The Bertz CT molecular complexity index is 2960. The van der Waals surface area contributed by atoms with Crippen LogP contribution in [0.15, 0.2) is 116 Å². The van der Waals surface area contributed by atoms with Crippen LogP contribution in [0.1, 0.15) is 51.8 Å². The zero-order valence-corrected chi connectivity index (χ0v) is 37.9. The number of aromatic nitrogens is 4. The second-order valence-electron chi connectivity index (χ2n) is 15.8. The first-order valence-corrected chi connectivity index (χ1v) is 22.6. The normalized spacial score (nSPS) is 16.7. The molecule has 0 spiro atoms. The third-order valence-corrected chi connectivity index (χ3v) is 13.9. The Morgan fingerprint density at radius 2 is 1.55 bits per heavy atom. The average Bonchev–Trinajstić information content (AvgIpc) is 3.96. The number of anilines is 1. The molecule has 330 valence electrons. The standard InChI is InChI=1S/C48H48N6O8S2/c1-27-20-41(56)62-43-28(2)44-36(21-35(27)43)37(29(3)60-44)24-63-26-53(4)64-47-52-42-45(49)50-25-51-46(42)54(47)40-22-38(55)39(61-40)23-59-48(30-10-8-7-9-11-30,31-12-16-33(57-5)17-13-31)32-14-18-34(58-6)19-15-32/h7-21,25,38-40,55H,22-24,26H2,1-6H3,(H2,49,50,51)/t38-,39?,40?/m1/s1. The molecule has 4 aromatic heterocycles. The minimum Gasteiger partial charge on any atom is -0.497 e. The summed E-state index contributed by atoms with van der Waals surface area (Å²) in [4.78, 5) is 25.9. The summed E-state index contributed by atoms with van der Waals surface area (Å²) >= 11 is 3.15. The van der Waals surface area contributed by atoms with Crippen molar-refractivity contribution >= 4 is 62.6 Å². The predicted molar refractivity (Wildman–Crippen MR) is 249 cm³/mol. The molecule has 1 aliphatic rings. The van der Waals surface area contributed by atoms with Crippen molar-refractivity contribution in [2.45, 2.75) is 62.1 Å². The molecule has 8 aromatic rings. The number of benzene rings is 4. The molecule has 14 nitrogen and oxygen atoms in total. The van der Waals surface area contributed by atoms with E-state index in [1.807, 2.05) is 111 Å². The van der Waals surface area contributed by atoms with E-state index < -0.39 is 24.0 Å². The number of furan rings is 1. The Hall–Kier alpha value is -5.88. The van der Waals surface area contributed by atoms with Gasteiger partial charge in [0.25, 0.3) is 0 Å². The minimum absolute atomic E-state index is 0.0405. The summed E-state index contributed by atoms with van der Waals surface area (Å²) in [6.45, 7) is 5.84. The lowest BCUT2D eigenvalue weighted by molar-refractivity contribution is -0.0943. The topological polar surface area (TPSA) is 173 Å². The number of aliphatic hydroxyl groups excluding tert-OH is 1. The van der Waals surface area contributed by atoms with Crippen molar-refractivity contribution in [1.29, 1.82) is 0 Å². The van der Waals surface area contributed by atoms with E-state index in [1.54, 1.807) is 26.0 Å². The lowest BCUT2D eigenvalue weighted by Gasteiger charge is -2.37. The molecule has 1 saturated heterocycles. The number of nitrogens with zero attached hydrogens (tertiary/aromatic N) is 5. The number of aliphatic hydroxyl groups is 1. The zero-order valence-electron chi connectivity index (χ0n) is 36.2. The fraction of sp³-hybridized carbons (Fsp3) is 0.292. The van der Waals surface area contributed by atoms with Crippen LogP contribution in [-0.2, 0) is 20.8 Å². The van der Waals surface area contributed by atoms with Gasteiger partial charge in [0, 0.05) is 40.1 Å². The highest BCUT2D eigenvalue weighted by Gasteiger charge is 2.43. The molecule has 2 unspecified atom stereocenters. The first-order chi connectivity index (χ1) is 31.0. The highest BCUT2D eigenvalue weighted by atomic mass is 32.2. The molecule has 16 heteroatoms. The summed E-state index contributed by atoms with van der Waals surface area (Å²) in [6.07, 6.45) is -0.596. The molecule has 0 amide bonds. The second-order valence-corrected chi connectivity index (χ2v) is 17.9. The van der Waals surface area contributed by atoms with E-state index in [1.165, 1.54) is 24.3 Å². The maximum absolute atomic E-state index is 12.2. The van der Waals surface area contributed by atoms with Crippen molar-refractivity contribution in [2.75, 3.05) is 39.5 Å². The number of hydrogen-bond acceptors (Lipinski definition) is 15. The molecule has 1 fully saturated rings. The molecule has 4 aromatic carbocycles. The van der Waals surface area contributed by atoms with Crippen LogP contribution in [0.2, 0.25) is 0 Å². The third kappa shape index (κ3) is 7.99. The van der Waals surface area contributed by atoms with E-state index in [0.717, 1.165) is 55.5 Å². The van der Waals surface area contributed by atoms with Gasteiger partial charge in [-0.1, -0.05) is 54.6 Å². The van der Waals surface area contributed by atoms with Gasteiger partial charge in [0.1, 0.15) is 52.7 Å². The number of rotatable bonds is 15. The maximum atomic E-state index is 12.2. The van der Waals surface area contributed by atoms with E-state index in [4.69, 9.17) is 38.5 Å². The summed E-state index contributed by atoms with van der Waals surface area (Å²) in [5.74, 6) is 3.78. The van der Waals surface area contributed by atoms with Gasteiger partial charge in [-0.15, -0.1) is 11.8 Å². The lowest BCUT2D eigenvalue weighted by atomic mass is 9.80. The van der Waals surface area contributed by atoms with Gasteiger partial charge in [-0.2, -0.15) is 0 Å². The van der Waals surface area contributed by atoms with Gasteiger partial charge < -0.3 is 38.6 Å². The van der Waals surface area contributed by atoms with Crippen molar-refractivity contribution in [3.05, 3.63) is 147 Å². The fourth-order valence-corrected chi connectivity index (χ4v) is 10.6. The minimum atomic E-state index is -1.10. The summed E-state index contributed by atoms with van der Waals surface area (Å²) in [7, 11) is 5.26. The molecule has 64 heavy (non-hydrogen) atoms. The Morgan fingerprint density at radius 1 is 0.891 bits per heavy atom. The van der Waals surface area contributed by atoms with Gasteiger partial charge >= 0.3 is 5.63 Å². The maximum Gasteiger partial charge on any atom is 0.336 e. The zero-order chi connectivity index (χ0) is 44.7. The van der Waals surface area contributed by atoms with Crippen LogP contribution in [0.4, 0.5) is 5.82 Å². The lowest BCUT2D eigenvalue weighted by Crippen LogP contribution is -2.38. The molecule has 1 aliphatic heterocycles. The van der Waals surface area contributed by atoms with Crippen LogP contribution in [0.5, 0.6) is 11.5 Å². The Labute approximate surface area is 377 Å². The third-order valence-electron chi connectivity index (χ3n) is 11.8. The smallest absolute Gasteiger partial charge is 0.336 e. The molecule has 0 aliphatic carbocycles. The number of ether oxygens (including phenoxy) is 4. The van der Waals surface area contributed by atoms with E-state index in [0.29, 0.717) is 45.0 Å². The van der Waals surface area contributed by atoms with Gasteiger partial charge in [0.15, 0.2) is 22.1 Å². The van der Waals surface area contributed by atoms with Crippen molar-refractivity contribution in [2.24, 2.45) is 0 Å². The molecule has 5 heterocycles. The number of imidazole rings is 1. The Kier molecular flexibility index (Phi) is 12.2. The van der Waals surface area contributed by atoms with Gasteiger partial charge in [-0.25, -0.2) is 24.1 Å². The molecule has 0 bridgehead atoms. The number of nitrogens with two attached hydrogens (primary N) is 1. The van der Waals surface area contributed by atoms with Crippen molar-refractivity contribution in [3.63, 3.8) is 0 Å². The number of aryl methyl sites for hydroxylation is 3. The molecular weight excluding hydrogens is 853 g/mol. The van der Waals surface area contributed by atoms with E-state index in [2.05, 4.69) is 20.3 Å². The molecule has 3 atom stereocenters. The summed E-state index contributed by atoms with van der Waals surface area (Å²) in [5, 5.41) is 14.2. The van der Waals surface area contributed by atoms with E-state index in [-0.39, 0.29) is 24.5 Å². The van der Waals surface area contributed by atoms with E-state index in [9.17, 15) is 9.90 Å². The van der Waals surface area contributed by atoms with Crippen LogP contribution in [0.3, 0.4) is 0 Å². The highest BCUT2D eigenvalue weighted by molar-refractivity contribution is 8.01. The van der Waals surface area contributed by atoms with Crippen molar-refractivity contribution < 1.29 is 32.9 Å². The van der Waals surface area contributed by atoms with Gasteiger partial charge in [-0.3, -0.25) is 4.57 Å². The fourth-order valence-electron chi connectivity index (χ4n) is 8.51.